The topological polar surface area (TPSA) is 65.0 Å². The lowest BCUT2D eigenvalue weighted by Gasteiger charge is -2.30. The first-order valence-corrected chi connectivity index (χ1v) is 8.32. The average Bonchev–Trinajstić information content (AvgIpc) is 3.07. The van der Waals surface area contributed by atoms with Crippen molar-refractivity contribution in [2.45, 2.75) is 50.0 Å². The van der Waals surface area contributed by atoms with Gasteiger partial charge in [-0.3, -0.25) is 4.79 Å². The minimum atomic E-state index is -0.852. The van der Waals surface area contributed by atoms with E-state index in [1.165, 1.54) is 0 Å². The highest BCUT2D eigenvalue weighted by molar-refractivity contribution is 5.83. The van der Waals surface area contributed by atoms with Crippen molar-refractivity contribution in [2.75, 3.05) is 20.3 Å². The molecule has 23 heavy (non-hydrogen) atoms. The van der Waals surface area contributed by atoms with Gasteiger partial charge >= 0.3 is 5.97 Å². The molecule has 1 aliphatic heterocycles. The molecule has 1 saturated heterocycles. The molecule has 0 unspecified atom stereocenters. The molecular weight excluding hydrogens is 296 g/mol. The summed E-state index contributed by atoms with van der Waals surface area (Å²) in [6, 6.07) is 5.58. The Morgan fingerprint density at radius 3 is 2.57 bits per heavy atom. The van der Waals surface area contributed by atoms with Gasteiger partial charge in [-0.15, -0.1) is 0 Å². The largest absolute Gasteiger partial charge is 0.493 e. The molecule has 1 aromatic carbocycles. The lowest BCUT2D eigenvalue weighted by Crippen LogP contribution is -2.34. The van der Waals surface area contributed by atoms with Crippen LogP contribution in [0.3, 0.4) is 0 Å². The van der Waals surface area contributed by atoms with E-state index in [9.17, 15) is 9.90 Å². The van der Waals surface area contributed by atoms with E-state index in [2.05, 4.69) is 0 Å². The molecule has 1 aromatic rings. The molecule has 3 rings (SSSR count). The van der Waals surface area contributed by atoms with Gasteiger partial charge in [0.2, 0.25) is 0 Å². The Morgan fingerprint density at radius 2 is 1.96 bits per heavy atom. The van der Waals surface area contributed by atoms with Crippen LogP contribution in [0.2, 0.25) is 0 Å². The molecule has 0 aromatic heterocycles. The van der Waals surface area contributed by atoms with Crippen LogP contribution >= 0.6 is 0 Å². The van der Waals surface area contributed by atoms with Crippen LogP contribution in [0.5, 0.6) is 11.5 Å². The van der Waals surface area contributed by atoms with Crippen LogP contribution in [0.15, 0.2) is 18.2 Å². The third-order valence-corrected chi connectivity index (χ3v) is 5.03. The van der Waals surface area contributed by atoms with Crippen molar-refractivity contribution < 1.29 is 24.1 Å². The Balaban J connectivity index is 2.00. The third kappa shape index (κ3) is 3.02. The molecule has 1 heterocycles. The fourth-order valence-corrected chi connectivity index (χ4v) is 3.71. The number of carboxylic acids is 1. The molecule has 5 heteroatoms. The van der Waals surface area contributed by atoms with E-state index < -0.39 is 11.4 Å². The smallest absolute Gasteiger partial charge is 0.314 e. The van der Waals surface area contributed by atoms with Gasteiger partial charge in [-0.05, 0) is 18.9 Å². The second-order valence-corrected chi connectivity index (χ2v) is 6.36. The number of carbonyl (C=O) groups is 1. The minimum absolute atomic E-state index is 0.0473. The zero-order chi connectivity index (χ0) is 16.3. The van der Waals surface area contributed by atoms with E-state index >= 15 is 0 Å². The van der Waals surface area contributed by atoms with Gasteiger partial charge in [-0.2, -0.15) is 0 Å². The van der Waals surface area contributed by atoms with E-state index in [0.29, 0.717) is 37.6 Å². The highest BCUT2D eigenvalue weighted by Gasteiger charge is 2.45. The predicted octanol–water partition coefficient (Wildman–Crippen LogP) is 3.15. The number of methoxy groups -OCH3 is 1. The van der Waals surface area contributed by atoms with Crippen molar-refractivity contribution in [3.8, 4) is 11.5 Å². The first-order chi connectivity index (χ1) is 11.2. The van der Waals surface area contributed by atoms with Crippen LogP contribution in [-0.4, -0.2) is 37.5 Å². The van der Waals surface area contributed by atoms with Crippen LogP contribution < -0.4 is 9.47 Å². The third-order valence-electron chi connectivity index (χ3n) is 5.03. The Morgan fingerprint density at radius 1 is 1.26 bits per heavy atom. The molecule has 1 saturated carbocycles. The number of aliphatic carboxylic acids is 1. The Labute approximate surface area is 136 Å². The number of hydrogen-bond acceptors (Lipinski definition) is 4. The summed E-state index contributed by atoms with van der Waals surface area (Å²) < 4.78 is 17.1. The van der Waals surface area contributed by atoms with Crippen LogP contribution in [-0.2, 0) is 14.9 Å². The van der Waals surface area contributed by atoms with E-state index in [-0.39, 0.29) is 6.10 Å². The summed E-state index contributed by atoms with van der Waals surface area (Å²) >= 11 is 0. The molecule has 5 nitrogen and oxygen atoms in total. The Bertz CT molecular complexity index is 557. The second kappa shape index (κ2) is 6.79. The van der Waals surface area contributed by atoms with Gasteiger partial charge in [0.1, 0.15) is 6.10 Å². The number of rotatable bonds is 5. The summed E-state index contributed by atoms with van der Waals surface area (Å²) in [5.41, 5.74) is -0.0944. The molecule has 1 N–H and O–H groups in total. The number of benzene rings is 1. The number of para-hydroxylation sites is 1. The molecule has 0 radical (unpaired) electrons. The van der Waals surface area contributed by atoms with Crippen molar-refractivity contribution in [3.05, 3.63) is 23.8 Å². The highest BCUT2D eigenvalue weighted by atomic mass is 16.5. The van der Waals surface area contributed by atoms with Crippen molar-refractivity contribution in [2.24, 2.45) is 0 Å². The Kier molecular flexibility index (Phi) is 4.76. The molecule has 0 atom stereocenters. The van der Waals surface area contributed by atoms with Crippen LogP contribution in [0.25, 0.3) is 0 Å². The second-order valence-electron chi connectivity index (χ2n) is 6.36. The molecular formula is C18H24O5. The summed E-state index contributed by atoms with van der Waals surface area (Å²) in [7, 11) is 1.60. The number of ether oxygens (including phenoxy) is 3. The van der Waals surface area contributed by atoms with Gasteiger partial charge in [-0.25, -0.2) is 0 Å². The van der Waals surface area contributed by atoms with Gasteiger partial charge in [0.25, 0.3) is 0 Å². The molecule has 2 aliphatic rings. The van der Waals surface area contributed by atoms with E-state index in [1.807, 2.05) is 18.2 Å². The maximum Gasteiger partial charge on any atom is 0.314 e. The molecule has 0 amide bonds. The normalized spacial score (nSPS) is 21.1. The Hall–Kier alpha value is -1.75. The van der Waals surface area contributed by atoms with Crippen LogP contribution in [0.4, 0.5) is 0 Å². The summed E-state index contributed by atoms with van der Waals surface area (Å²) in [6.07, 6.45) is 4.85. The maximum absolute atomic E-state index is 12.1. The summed E-state index contributed by atoms with van der Waals surface area (Å²) in [5.74, 6) is 0.452. The standard InChI is InChI=1S/C18H24O5/c1-21-15-6-4-5-14(18(17(19)20)9-2-3-10-18)16(15)23-13-7-11-22-12-8-13/h4-6,13H,2-3,7-12H2,1H3,(H,19,20). The summed E-state index contributed by atoms with van der Waals surface area (Å²) in [5, 5.41) is 9.89. The number of carboxylic acid groups (broad SMARTS) is 1. The average molecular weight is 320 g/mol. The maximum atomic E-state index is 12.1. The quantitative estimate of drug-likeness (QED) is 0.903. The van der Waals surface area contributed by atoms with Crippen molar-refractivity contribution >= 4 is 5.97 Å². The van der Waals surface area contributed by atoms with E-state index in [1.54, 1.807) is 7.11 Å². The zero-order valence-corrected chi connectivity index (χ0v) is 13.5. The van der Waals surface area contributed by atoms with E-state index in [0.717, 1.165) is 31.2 Å². The molecule has 0 bridgehead atoms. The zero-order valence-electron chi connectivity index (χ0n) is 13.5. The molecule has 1 aliphatic carbocycles. The van der Waals surface area contributed by atoms with Crippen molar-refractivity contribution in [3.63, 3.8) is 0 Å². The van der Waals surface area contributed by atoms with Crippen LogP contribution in [0.1, 0.15) is 44.1 Å². The molecule has 0 spiro atoms. The predicted molar refractivity (Wildman–Crippen MR) is 85.2 cm³/mol. The van der Waals surface area contributed by atoms with Crippen LogP contribution in [0, 0.1) is 0 Å². The first-order valence-electron chi connectivity index (χ1n) is 8.32. The van der Waals surface area contributed by atoms with Crippen molar-refractivity contribution in [1.82, 2.24) is 0 Å². The fraction of sp³-hybridized carbons (Fsp3) is 0.611. The summed E-state index contributed by atoms with van der Waals surface area (Å²) in [4.78, 5) is 12.1. The molecule has 2 fully saturated rings. The lowest BCUT2D eigenvalue weighted by atomic mass is 9.78. The monoisotopic (exact) mass is 320 g/mol. The number of hydrogen-bond donors (Lipinski definition) is 1. The first kappa shape index (κ1) is 16.1. The minimum Gasteiger partial charge on any atom is -0.493 e. The highest BCUT2D eigenvalue weighted by Crippen LogP contribution is 2.48. The van der Waals surface area contributed by atoms with Gasteiger partial charge in [0.05, 0.1) is 25.7 Å². The van der Waals surface area contributed by atoms with Gasteiger partial charge in [-0.1, -0.05) is 25.0 Å². The van der Waals surface area contributed by atoms with Gasteiger partial charge in [0.15, 0.2) is 11.5 Å². The van der Waals surface area contributed by atoms with Gasteiger partial charge in [0, 0.05) is 18.4 Å². The SMILES string of the molecule is COc1cccc(C2(C(=O)O)CCCC2)c1OC1CCOCC1. The van der Waals surface area contributed by atoms with Gasteiger partial charge < -0.3 is 19.3 Å². The summed E-state index contributed by atoms with van der Waals surface area (Å²) in [6.45, 7) is 1.36. The lowest BCUT2D eigenvalue weighted by molar-refractivity contribution is -0.143. The molecule has 126 valence electrons. The fourth-order valence-electron chi connectivity index (χ4n) is 3.71. The van der Waals surface area contributed by atoms with Crippen molar-refractivity contribution in [1.29, 1.82) is 0 Å². The van der Waals surface area contributed by atoms with E-state index in [4.69, 9.17) is 14.2 Å².